The van der Waals surface area contributed by atoms with Crippen LogP contribution in [-0.2, 0) is 14.3 Å². The highest BCUT2D eigenvalue weighted by Gasteiger charge is 2.36. The quantitative estimate of drug-likeness (QED) is 0.710. The summed E-state index contributed by atoms with van der Waals surface area (Å²) in [7, 11) is 0. The number of carbonyl (C=O) groups is 2. The zero-order valence-corrected chi connectivity index (χ0v) is 11.4. The second-order valence-electron chi connectivity index (χ2n) is 5.81. The van der Waals surface area contributed by atoms with Gasteiger partial charge in [0.1, 0.15) is 11.6 Å². The van der Waals surface area contributed by atoms with Gasteiger partial charge < -0.3 is 9.64 Å². The van der Waals surface area contributed by atoms with E-state index >= 15 is 0 Å². The number of hydrogen-bond donors (Lipinski definition) is 0. The van der Waals surface area contributed by atoms with E-state index in [0.717, 1.165) is 0 Å². The predicted octanol–water partition coefficient (Wildman–Crippen LogP) is 1.98. The molecule has 0 aliphatic carbocycles. The first-order valence-electron chi connectivity index (χ1n) is 6.27. The Morgan fingerprint density at radius 2 is 2.12 bits per heavy atom. The lowest BCUT2D eigenvalue weighted by Gasteiger charge is -2.29. The molecule has 1 aliphatic rings. The second-order valence-corrected chi connectivity index (χ2v) is 5.81. The molecule has 4 heteroatoms. The van der Waals surface area contributed by atoms with Crippen molar-refractivity contribution in [3.05, 3.63) is 0 Å². The minimum atomic E-state index is -0.501. The number of hydrogen-bond acceptors (Lipinski definition) is 3. The Kier molecular flexibility index (Phi) is 4.17. The molecule has 1 saturated heterocycles. The predicted molar refractivity (Wildman–Crippen MR) is 65.4 cm³/mol. The number of amides is 1. The van der Waals surface area contributed by atoms with Gasteiger partial charge in [-0.05, 0) is 33.1 Å². The summed E-state index contributed by atoms with van der Waals surface area (Å²) in [6, 6.07) is -0.424. The van der Waals surface area contributed by atoms with Crippen LogP contribution >= 0.6 is 0 Å². The molecule has 1 rings (SSSR count). The molecule has 0 spiro atoms. The first-order valence-corrected chi connectivity index (χ1v) is 6.27. The molecule has 4 nitrogen and oxygen atoms in total. The van der Waals surface area contributed by atoms with Crippen LogP contribution in [0.3, 0.4) is 0 Å². The highest BCUT2D eigenvalue weighted by molar-refractivity contribution is 5.86. The third-order valence-electron chi connectivity index (χ3n) is 2.79. The number of esters is 1. The number of likely N-dealkylation sites (tertiary alicyclic amines) is 1. The van der Waals surface area contributed by atoms with Gasteiger partial charge >= 0.3 is 5.97 Å². The van der Waals surface area contributed by atoms with Crippen molar-refractivity contribution in [1.29, 1.82) is 0 Å². The van der Waals surface area contributed by atoms with Crippen LogP contribution in [0.25, 0.3) is 0 Å². The monoisotopic (exact) mass is 241 g/mol. The van der Waals surface area contributed by atoms with Crippen LogP contribution in [0.15, 0.2) is 0 Å². The Labute approximate surface area is 103 Å². The summed E-state index contributed by atoms with van der Waals surface area (Å²) in [5.74, 6) is 0.108. The lowest BCUT2D eigenvalue weighted by molar-refractivity contribution is -0.163. The van der Waals surface area contributed by atoms with Gasteiger partial charge in [0, 0.05) is 13.0 Å². The highest BCUT2D eigenvalue weighted by atomic mass is 16.6. The van der Waals surface area contributed by atoms with Crippen molar-refractivity contribution in [1.82, 2.24) is 4.90 Å². The SMILES string of the molecule is CCC(C(=O)OC(C)(C)C)N1CC(C)CC1=O. The molecule has 98 valence electrons. The van der Waals surface area contributed by atoms with Gasteiger partial charge in [-0.15, -0.1) is 0 Å². The van der Waals surface area contributed by atoms with Crippen LogP contribution in [0.1, 0.15) is 47.5 Å². The van der Waals surface area contributed by atoms with Crippen molar-refractivity contribution in [2.24, 2.45) is 5.92 Å². The summed E-state index contributed by atoms with van der Waals surface area (Å²) in [6.45, 7) is 10.1. The second kappa shape index (κ2) is 5.07. The molecule has 2 atom stereocenters. The van der Waals surface area contributed by atoms with Gasteiger partial charge in [0.25, 0.3) is 0 Å². The summed E-state index contributed by atoms with van der Waals surface area (Å²) in [5, 5.41) is 0. The molecule has 1 heterocycles. The van der Waals surface area contributed by atoms with Gasteiger partial charge in [-0.25, -0.2) is 4.79 Å². The van der Waals surface area contributed by atoms with Crippen LogP contribution in [-0.4, -0.2) is 35.0 Å². The summed E-state index contributed by atoms with van der Waals surface area (Å²) >= 11 is 0. The molecule has 0 bridgehead atoms. The van der Waals surface area contributed by atoms with Gasteiger partial charge in [-0.3, -0.25) is 4.79 Å². The molecule has 2 unspecified atom stereocenters. The topological polar surface area (TPSA) is 46.6 Å². The summed E-state index contributed by atoms with van der Waals surface area (Å²) in [4.78, 5) is 25.5. The van der Waals surface area contributed by atoms with Crippen molar-refractivity contribution in [2.45, 2.75) is 59.1 Å². The average molecular weight is 241 g/mol. The maximum Gasteiger partial charge on any atom is 0.329 e. The van der Waals surface area contributed by atoms with Crippen LogP contribution in [0.5, 0.6) is 0 Å². The maximum absolute atomic E-state index is 12.0. The molecular weight excluding hydrogens is 218 g/mol. The molecule has 0 aromatic heterocycles. The molecule has 0 N–H and O–H groups in total. The van der Waals surface area contributed by atoms with Crippen molar-refractivity contribution in [3.8, 4) is 0 Å². The van der Waals surface area contributed by atoms with Crippen LogP contribution in [0.4, 0.5) is 0 Å². The zero-order valence-electron chi connectivity index (χ0n) is 11.4. The van der Waals surface area contributed by atoms with Gasteiger partial charge in [-0.2, -0.15) is 0 Å². The normalized spacial score (nSPS) is 22.8. The molecule has 0 aromatic carbocycles. The van der Waals surface area contributed by atoms with Crippen molar-refractivity contribution < 1.29 is 14.3 Å². The first-order chi connectivity index (χ1) is 7.74. The largest absolute Gasteiger partial charge is 0.458 e. The fraction of sp³-hybridized carbons (Fsp3) is 0.846. The molecule has 1 aliphatic heterocycles. The fourth-order valence-electron chi connectivity index (χ4n) is 2.10. The maximum atomic E-state index is 12.0. The Bertz CT molecular complexity index is 306. The Morgan fingerprint density at radius 3 is 2.47 bits per heavy atom. The summed E-state index contributed by atoms with van der Waals surface area (Å²) < 4.78 is 5.35. The minimum Gasteiger partial charge on any atom is -0.458 e. The van der Waals surface area contributed by atoms with Crippen LogP contribution in [0, 0.1) is 5.92 Å². The Balaban J connectivity index is 2.71. The van der Waals surface area contributed by atoms with Gasteiger partial charge in [0.15, 0.2) is 0 Å². The van der Waals surface area contributed by atoms with E-state index in [1.165, 1.54) is 0 Å². The van der Waals surface area contributed by atoms with E-state index in [1.54, 1.807) is 4.90 Å². The summed E-state index contributed by atoms with van der Waals surface area (Å²) in [6.07, 6.45) is 1.15. The first kappa shape index (κ1) is 14.0. The smallest absolute Gasteiger partial charge is 0.329 e. The van der Waals surface area contributed by atoms with Crippen LogP contribution < -0.4 is 0 Å². The van der Waals surface area contributed by atoms with Crippen LogP contribution in [0.2, 0.25) is 0 Å². The molecular formula is C13H23NO3. The number of rotatable bonds is 3. The van der Waals surface area contributed by atoms with E-state index in [4.69, 9.17) is 4.74 Å². The third kappa shape index (κ3) is 3.72. The highest BCUT2D eigenvalue weighted by Crippen LogP contribution is 2.22. The van der Waals surface area contributed by atoms with E-state index < -0.39 is 11.6 Å². The van der Waals surface area contributed by atoms with E-state index in [1.807, 2.05) is 34.6 Å². The van der Waals surface area contributed by atoms with Gasteiger partial charge in [0.2, 0.25) is 5.91 Å². The molecule has 0 saturated carbocycles. The lowest BCUT2D eigenvalue weighted by Crippen LogP contribution is -2.44. The van der Waals surface area contributed by atoms with E-state index in [0.29, 0.717) is 25.3 Å². The van der Waals surface area contributed by atoms with Crippen molar-refractivity contribution >= 4 is 11.9 Å². The summed E-state index contributed by atoms with van der Waals surface area (Å²) in [5.41, 5.74) is -0.501. The lowest BCUT2D eigenvalue weighted by atomic mass is 10.1. The van der Waals surface area contributed by atoms with E-state index in [-0.39, 0.29) is 11.9 Å². The van der Waals surface area contributed by atoms with E-state index in [2.05, 4.69) is 0 Å². The van der Waals surface area contributed by atoms with Crippen molar-refractivity contribution in [2.75, 3.05) is 6.54 Å². The van der Waals surface area contributed by atoms with Crippen molar-refractivity contribution in [3.63, 3.8) is 0 Å². The van der Waals surface area contributed by atoms with Gasteiger partial charge in [-0.1, -0.05) is 13.8 Å². The molecule has 1 fully saturated rings. The minimum absolute atomic E-state index is 0.0650. The average Bonchev–Trinajstić information content (AvgIpc) is 2.43. The van der Waals surface area contributed by atoms with E-state index in [9.17, 15) is 9.59 Å². The number of carbonyl (C=O) groups excluding carboxylic acids is 2. The Morgan fingerprint density at radius 1 is 1.53 bits per heavy atom. The molecule has 17 heavy (non-hydrogen) atoms. The third-order valence-corrected chi connectivity index (χ3v) is 2.79. The standard InChI is InChI=1S/C13H23NO3/c1-6-10(12(16)17-13(3,4)5)14-8-9(2)7-11(14)15/h9-10H,6-8H2,1-5H3. The number of ether oxygens (including phenoxy) is 1. The number of nitrogens with zero attached hydrogens (tertiary/aromatic N) is 1. The van der Waals surface area contributed by atoms with Gasteiger partial charge in [0.05, 0.1) is 0 Å². The molecule has 0 radical (unpaired) electrons. The molecule has 0 aromatic rings. The molecule has 1 amide bonds. The fourth-order valence-corrected chi connectivity index (χ4v) is 2.10. The Hall–Kier alpha value is -1.06. The zero-order chi connectivity index (χ0) is 13.2.